The maximum Gasteiger partial charge on any atom is 0.277 e. The van der Waals surface area contributed by atoms with Gasteiger partial charge in [-0.05, 0) is 35.7 Å². The monoisotopic (exact) mass is 537 g/mol. The van der Waals surface area contributed by atoms with Crippen molar-refractivity contribution in [2.75, 3.05) is 26.2 Å². The average Bonchev–Trinajstić information content (AvgIpc) is 2.91. The molecular formula is C26H31N7O4S. The number of benzene rings is 2. The van der Waals surface area contributed by atoms with E-state index >= 15 is 0 Å². The molecule has 0 bridgehead atoms. The molecule has 0 aliphatic carbocycles. The first-order valence-electron chi connectivity index (χ1n) is 12.2. The number of nitrogen functional groups attached to an aromatic ring is 1. The normalized spacial score (nSPS) is 14.9. The molecule has 1 aromatic heterocycles. The molecule has 1 fully saturated rings. The van der Waals surface area contributed by atoms with Crippen LogP contribution in [0, 0.1) is 5.41 Å². The third-order valence-electron chi connectivity index (χ3n) is 6.50. The fourth-order valence-electron chi connectivity index (χ4n) is 4.47. The second-order valence-corrected chi connectivity index (χ2v) is 10.7. The van der Waals surface area contributed by atoms with Crippen LogP contribution in [0.1, 0.15) is 23.6 Å². The largest absolute Gasteiger partial charge is 0.384 e. The Morgan fingerprint density at radius 3 is 2.47 bits per heavy atom. The summed E-state index contributed by atoms with van der Waals surface area (Å²) < 4.78 is 31.3. The molecule has 2 amide bonds. The van der Waals surface area contributed by atoms with Gasteiger partial charge in [0, 0.05) is 56.8 Å². The maximum absolute atomic E-state index is 13.5. The summed E-state index contributed by atoms with van der Waals surface area (Å²) in [6, 6.07) is 14.8. The summed E-state index contributed by atoms with van der Waals surface area (Å²) in [5.41, 5.74) is 8.25. The van der Waals surface area contributed by atoms with Crippen molar-refractivity contribution in [2.45, 2.75) is 25.9 Å². The van der Waals surface area contributed by atoms with Gasteiger partial charge in [-0.3, -0.25) is 20.0 Å². The summed E-state index contributed by atoms with van der Waals surface area (Å²) >= 11 is 0. The van der Waals surface area contributed by atoms with Crippen LogP contribution < -0.4 is 15.2 Å². The molecule has 1 unspecified atom stereocenters. The standard InChI is InChI=1S/C26H31N7O4S/c1-18(34)32-11-13-33(14-12-32)26(35)24(16-19-5-2-6-20(15-19)25(27)28)31-38(36,37)30-17-21-7-3-9-23-22(21)8-4-10-29-23/h2-10,15,24,30-31H,11-14,16-17H2,1H3,(H3,27,28). The Labute approximate surface area is 221 Å². The Balaban J connectivity index is 1.53. The highest BCUT2D eigenvalue weighted by molar-refractivity contribution is 7.87. The van der Waals surface area contributed by atoms with Gasteiger partial charge in [-0.15, -0.1) is 0 Å². The number of aromatic nitrogens is 1. The van der Waals surface area contributed by atoms with Gasteiger partial charge < -0.3 is 15.5 Å². The molecule has 1 aliphatic rings. The molecule has 0 saturated carbocycles. The highest BCUT2D eigenvalue weighted by atomic mass is 32.2. The van der Waals surface area contributed by atoms with Gasteiger partial charge in [-0.2, -0.15) is 17.9 Å². The van der Waals surface area contributed by atoms with Gasteiger partial charge in [0.25, 0.3) is 10.2 Å². The van der Waals surface area contributed by atoms with E-state index in [-0.39, 0.29) is 30.6 Å². The first kappa shape index (κ1) is 27.2. The van der Waals surface area contributed by atoms with Crippen molar-refractivity contribution in [2.24, 2.45) is 5.73 Å². The number of amides is 2. The molecule has 12 heteroatoms. The zero-order valence-corrected chi connectivity index (χ0v) is 21.9. The first-order chi connectivity index (χ1) is 18.1. The lowest BCUT2D eigenvalue weighted by Crippen LogP contribution is -2.57. The van der Waals surface area contributed by atoms with E-state index in [1.165, 1.54) is 6.92 Å². The molecule has 1 saturated heterocycles. The lowest BCUT2D eigenvalue weighted by molar-refractivity contribution is -0.139. The van der Waals surface area contributed by atoms with Crippen molar-refractivity contribution in [3.63, 3.8) is 0 Å². The van der Waals surface area contributed by atoms with Gasteiger partial charge in [0.1, 0.15) is 11.9 Å². The summed E-state index contributed by atoms with van der Waals surface area (Å²) in [5, 5.41) is 8.52. The van der Waals surface area contributed by atoms with Crippen LogP contribution in [0.15, 0.2) is 60.8 Å². The number of carbonyl (C=O) groups is 2. The van der Waals surface area contributed by atoms with E-state index in [9.17, 15) is 18.0 Å². The second kappa shape index (κ2) is 11.7. The predicted molar refractivity (Wildman–Crippen MR) is 144 cm³/mol. The minimum atomic E-state index is -4.10. The van der Waals surface area contributed by atoms with Gasteiger partial charge in [0.15, 0.2) is 0 Å². The third-order valence-corrected chi connectivity index (χ3v) is 7.62. The molecule has 11 nitrogen and oxygen atoms in total. The Hall–Kier alpha value is -3.87. The van der Waals surface area contributed by atoms with Crippen LogP contribution in [0.3, 0.4) is 0 Å². The summed E-state index contributed by atoms with van der Waals surface area (Å²) in [4.78, 5) is 32.7. The quantitative estimate of drug-likeness (QED) is 0.233. The van der Waals surface area contributed by atoms with E-state index in [4.69, 9.17) is 11.1 Å². The topological polar surface area (TPSA) is 162 Å². The number of nitrogens with two attached hydrogens (primary N) is 1. The van der Waals surface area contributed by atoms with Gasteiger partial charge in [0.2, 0.25) is 11.8 Å². The minimum absolute atomic E-state index is 0.0103. The molecule has 1 aliphatic heterocycles. The van der Waals surface area contributed by atoms with Crippen molar-refractivity contribution in [3.05, 3.63) is 77.5 Å². The SMILES string of the molecule is CC(=O)N1CCN(C(=O)C(Cc2cccc(C(=N)N)c2)NS(=O)(=O)NCc2cccc3ncccc23)CC1. The van der Waals surface area contributed by atoms with Gasteiger partial charge in [-0.25, -0.2) is 0 Å². The Morgan fingerprint density at radius 1 is 1.05 bits per heavy atom. The van der Waals surface area contributed by atoms with Crippen LogP contribution in [0.25, 0.3) is 10.9 Å². The van der Waals surface area contributed by atoms with E-state index in [0.29, 0.717) is 37.3 Å². The van der Waals surface area contributed by atoms with Crippen molar-refractivity contribution in [3.8, 4) is 0 Å². The van der Waals surface area contributed by atoms with E-state index in [0.717, 1.165) is 16.5 Å². The van der Waals surface area contributed by atoms with Crippen molar-refractivity contribution in [1.29, 1.82) is 5.41 Å². The zero-order chi connectivity index (χ0) is 27.3. The number of amidine groups is 1. The average molecular weight is 538 g/mol. The lowest BCUT2D eigenvalue weighted by Gasteiger charge is -2.36. The summed E-state index contributed by atoms with van der Waals surface area (Å²) in [6.45, 7) is 2.87. The second-order valence-electron chi connectivity index (χ2n) is 9.13. The van der Waals surface area contributed by atoms with E-state index in [1.54, 1.807) is 52.4 Å². The lowest BCUT2D eigenvalue weighted by atomic mass is 10.0. The predicted octanol–water partition coefficient (Wildman–Crippen LogP) is 0.745. The van der Waals surface area contributed by atoms with Crippen LogP contribution in [-0.4, -0.2) is 73.1 Å². The Kier molecular flexibility index (Phi) is 8.35. The van der Waals surface area contributed by atoms with Gasteiger partial charge >= 0.3 is 0 Å². The van der Waals surface area contributed by atoms with E-state index in [2.05, 4.69) is 14.4 Å². The number of piperazine rings is 1. The Morgan fingerprint density at radius 2 is 1.76 bits per heavy atom. The summed E-state index contributed by atoms with van der Waals surface area (Å²) in [6.07, 6.45) is 1.73. The molecule has 2 aromatic carbocycles. The molecule has 2 heterocycles. The molecule has 200 valence electrons. The molecule has 1 atom stereocenters. The van der Waals surface area contributed by atoms with Crippen LogP contribution in [0.2, 0.25) is 0 Å². The van der Waals surface area contributed by atoms with E-state index in [1.807, 2.05) is 18.2 Å². The minimum Gasteiger partial charge on any atom is -0.384 e. The highest BCUT2D eigenvalue weighted by Crippen LogP contribution is 2.17. The van der Waals surface area contributed by atoms with Gasteiger partial charge in [-0.1, -0.05) is 36.4 Å². The number of rotatable bonds is 9. The van der Waals surface area contributed by atoms with E-state index < -0.39 is 16.3 Å². The molecule has 38 heavy (non-hydrogen) atoms. The third kappa shape index (κ3) is 6.71. The number of carbonyl (C=O) groups excluding carboxylic acids is 2. The first-order valence-corrected chi connectivity index (χ1v) is 13.7. The van der Waals surface area contributed by atoms with Crippen LogP contribution in [0.4, 0.5) is 0 Å². The van der Waals surface area contributed by atoms with Crippen LogP contribution in [0.5, 0.6) is 0 Å². The maximum atomic E-state index is 13.5. The summed E-state index contributed by atoms with van der Waals surface area (Å²) in [5.74, 6) is -0.577. The fourth-order valence-corrected chi connectivity index (χ4v) is 5.45. The Bertz CT molecular complexity index is 1450. The number of pyridine rings is 1. The van der Waals surface area contributed by atoms with Crippen molar-refractivity contribution in [1.82, 2.24) is 24.2 Å². The number of fused-ring (bicyclic) bond motifs is 1. The number of hydrogen-bond acceptors (Lipinski definition) is 6. The molecule has 0 radical (unpaired) electrons. The highest BCUT2D eigenvalue weighted by Gasteiger charge is 2.31. The number of nitrogens with one attached hydrogen (secondary N) is 3. The smallest absolute Gasteiger partial charge is 0.277 e. The van der Waals surface area contributed by atoms with Gasteiger partial charge in [0.05, 0.1) is 5.52 Å². The molecule has 5 N–H and O–H groups in total. The summed E-state index contributed by atoms with van der Waals surface area (Å²) in [7, 11) is -4.10. The van der Waals surface area contributed by atoms with Crippen molar-refractivity contribution < 1.29 is 18.0 Å². The molecule has 0 spiro atoms. The van der Waals surface area contributed by atoms with Crippen LogP contribution in [-0.2, 0) is 32.8 Å². The van der Waals surface area contributed by atoms with Crippen molar-refractivity contribution >= 4 is 38.8 Å². The molecule has 4 rings (SSSR count). The number of hydrogen-bond donors (Lipinski definition) is 4. The molecular weight excluding hydrogens is 506 g/mol. The molecule has 3 aromatic rings. The number of nitrogens with zero attached hydrogens (tertiary/aromatic N) is 3. The fraction of sp³-hybridized carbons (Fsp3) is 0.308. The zero-order valence-electron chi connectivity index (χ0n) is 21.1. The van der Waals surface area contributed by atoms with Crippen LogP contribution >= 0.6 is 0 Å².